The molecule has 3 heteroatoms. The maximum atomic E-state index is 12.2. The molecule has 2 aliphatic rings. The Morgan fingerprint density at radius 1 is 1.29 bits per heavy atom. The molecule has 1 aliphatic heterocycles. The fraction of sp³-hybridized carbons (Fsp3) is 0.786. The average Bonchev–Trinajstić information content (AvgIpc) is 2.90. The zero-order chi connectivity index (χ0) is 12.1. The van der Waals surface area contributed by atoms with Crippen LogP contribution in [0.2, 0.25) is 0 Å². The van der Waals surface area contributed by atoms with Gasteiger partial charge in [-0.3, -0.25) is 4.79 Å². The van der Waals surface area contributed by atoms with Crippen molar-refractivity contribution >= 4 is 5.91 Å². The van der Waals surface area contributed by atoms with Crippen LogP contribution in [0.1, 0.15) is 32.6 Å². The van der Waals surface area contributed by atoms with Gasteiger partial charge in [-0.25, -0.2) is 0 Å². The van der Waals surface area contributed by atoms with Crippen LogP contribution in [0.15, 0.2) is 12.2 Å². The summed E-state index contributed by atoms with van der Waals surface area (Å²) in [5.41, 5.74) is 0. The van der Waals surface area contributed by atoms with Gasteiger partial charge in [0.1, 0.15) is 0 Å². The second kappa shape index (κ2) is 6.20. The summed E-state index contributed by atoms with van der Waals surface area (Å²) in [4.78, 5) is 14.3. The van der Waals surface area contributed by atoms with E-state index < -0.39 is 0 Å². The van der Waals surface area contributed by atoms with Gasteiger partial charge in [-0.15, -0.1) is 0 Å². The Morgan fingerprint density at radius 3 is 2.53 bits per heavy atom. The van der Waals surface area contributed by atoms with Crippen LogP contribution < -0.4 is 5.32 Å². The van der Waals surface area contributed by atoms with Gasteiger partial charge in [-0.05, 0) is 44.7 Å². The number of hydrogen-bond donors (Lipinski definition) is 1. The van der Waals surface area contributed by atoms with E-state index >= 15 is 0 Å². The van der Waals surface area contributed by atoms with E-state index in [0.717, 1.165) is 44.9 Å². The number of carbonyl (C=O) groups is 1. The highest BCUT2D eigenvalue weighted by atomic mass is 16.2. The van der Waals surface area contributed by atoms with Crippen LogP contribution in [-0.2, 0) is 4.79 Å². The van der Waals surface area contributed by atoms with Crippen LogP contribution in [0.5, 0.6) is 0 Å². The first-order valence-electron chi connectivity index (χ1n) is 6.95. The second-order valence-electron chi connectivity index (χ2n) is 5.22. The van der Waals surface area contributed by atoms with Crippen LogP contribution in [-0.4, -0.2) is 37.0 Å². The van der Waals surface area contributed by atoms with E-state index in [1.54, 1.807) is 0 Å². The molecule has 2 rings (SSSR count). The van der Waals surface area contributed by atoms with Crippen molar-refractivity contribution in [2.45, 2.75) is 32.6 Å². The summed E-state index contributed by atoms with van der Waals surface area (Å²) in [6, 6.07) is 0. The first kappa shape index (κ1) is 12.6. The van der Waals surface area contributed by atoms with Crippen LogP contribution in [0, 0.1) is 11.8 Å². The number of rotatable bonds is 4. The third kappa shape index (κ3) is 3.32. The summed E-state index contributed by atoms with van der Waals surface area (Å²) in [5.74, 6) is 1.40. The monoisotopic (exact) mass is 236 g/mol. The van der Waals surface area contributed by atoms with E-state index in [2.05, 4.69) is 29.3 Å². The predicted molar refractivity (Wildman–Crippen MR) is 69.7 cm³/mol. The van der Waals surface area contributed by atoms with Gasteiger partial charge in [-0.1, -0.05) is 19.1 Å². The van der Waals surface area contributed by atoms with Gasteiger partial charge in [-0.2, -0.15) is 0 Å². The lowest BCUT2D eigenvalue weighted by atomic mass is 9.95. The van der Waals surface area contributed by atoms with Crippen molar-refractivity contribution in [1.82, 2.24) is 10.2 Å². The molecule has 0 aromatic heterocycles. The number of amides is 1. The summed E-state index contributed by atoms with van der Waals surface area (Å²) < 4.78 is 0. The maximum absolute atomic E-state index is 12.2. The van der Waals surface area contributed by atoms with E-state index in [0.29, 0.717) is 5.91 Å². The molecule has 0 aromatic rings. The van der Waals surface area contributed by atoms with Gasteiger partial charge >= 0.3 is 0 Å². The number of piperidine rings is 1. The quantitative estimate of drug-likeness (QED) is 0.755. The Bertz CT molecular complexity index is 272. The molecule has 17 heavy (non-hydrogen) atoms. The van der Waals surface area contributed by atoms with E-state index in [1.165, 1.54) is 12.8 Å². The molecule has 0 aromatic carbocycles. The van der Waals surface area contributed by atoms with E-state index in [1.807, 2.05) is 0 Å². The van der Waals surface area contributed by atoms with Crippen molar-refractivity contribution in [3.8, 4) is 0 Å². The summed E-state index contributed by atoms with van der Waals surface area (Å²) in [6.07, 6.45) is 8.52. The molecule has 1 amide bonds. The number of hydrogen-bond acceptors (Lipinski definition) is 2. The van der Waals surface area contributed by atoms with Gasteiger partial charge < -0.3 is 10.2 Å². The molecule has 0 bridgehead atoms. The number of nitrogens with one attached hydrogen (secondary N) is 1. The summed E-state index contributed by atoms with van der Waals surface area (Å²) in [7, 11) is 0. The molecule has 3 nitrogen and oxygen atoms in total. The lowest BCUT2D eigenvalue weighted by Crippen LogP contribution is -2.43. The molecule has 1 fully saturated rings. The fourth-order valence-corrected chi connectivity index (χ4v) is 2.78. The first-order valence-corrected chi connectivity index (χ1v) is 6.95. The minimum atomic E-state index is 0.250. The summed E-state index contributed by atoms with van der Waals surface area (Å²) in [5, 5.41) is 3.40. The van der Waals surface area contributed by atoms with Gasteiger partial charge in [0.25, 0.3) is 0 Å². The molecule has 0 radical (unpaired) electrons. The van der Waals surface area contributed by atoms with E-state index in [9.17, 15) is 4.79 Å². The Hall–Kier alpha value is -0.830. The summed E-state index contributed by atoms with van der Waals surface area (Å²) >= 11 is 0. The standard InChI is InChI=1S/C14H24N2O/c1-2-15-11-12-7-9-16(10-8-12)14(17)13-5-3-4-6-13/h3-4,12-13,15H,2,5-11H2,1H3. The lowest BCUT2D eigenvalue weighted by molar-refractivity contribution is -0.136. The minimum Gasteiger partial charge on any atom is -0.342 e. The van der Waals surface area contributed by atoms with Gasteiger partial charge in [0, 0.05) is 19.0 Å². The van der Waals surface area contributed by atoms with Crippen LogP contribution in [0.4, 0.5) is 0 Å². The molecule has 96 valence electrons. The third-order valence-corrected chi connectivity index (χ3v) is 3.97. The van der Waals surface area contributed by atoms with Crippen LogP contribution >= 0.6 is 0 Å². The molecule has 1 N–H and O–H groups in total. The SMILES string of the molecule is CCNCC1CCN(C(=O)C2CC=CC2)CC1. The lowest BCUT2D eigenvalue weighted by Gasteiger charge is -2.33. The van der Waals surface area contributed by atoms with E-state index in [-0.39, 0.29) is 5.92 Å². The maximum Gasteiger partial charge on any atom is 0.226 e. The molecule has 0 saturated carbocycles. The molecular formula is C14H24N2O. The molecule has 0 unspecified atom stereocenters. The highest BCUT2D eigenvalue weighted by Crippen LogP contribution is 2.24. The normalized spacial score (nSPS) is 22.3. The highest BCUT2D eigenvalue weighted by molar-refractivity contribution is 5.79. The highest BCUT2D eigenvalue weighted by Gasteiger charge is 2.28. The molecule has 1 saturated heterocycles. The molecule has 1 heterocycles. The second-order valence-corrected chi connectivity index (χ2v) is 5.22. The van der Waals surface area contributed by atoms with Crippen molar-refractivity contribution in [2.24, 2.45) is 11.8 Å². The van der Waals surface area contributed by atoms with Crippen molar-refractivity contribution in [2.75, 3.05) is 26.2 Å². The number of likely N-dealkylation sites (tertiary alicyclic amines) is 1. The first-order chi connectivity index (χ1) is 8.31. The third-order valence-electron chi connectivity index (χ3n) is 3.97. The summed E-state index contributed by atoms with van der Waals surface area (Å²) in [6.45, 7) is 6.24. The van der Waals surface area contributed by atoms with Gasteiger partial charge in [0.15, 0.2) is 0 Å². The largest absolute Gasteiger partial charge is 0.342 e. The Kier molecular flexibility index (Phi) is 4.60. The minimum absolute atomic E-state index is 0.250. The molecule has 1 aliphatic carbocycles. The van der Waals surface area contributed by atoms with Gasteiger partial charge in [0.2, 0.25) is 5.91 Å². The van der Waals surface area contributed by atoms with Crippen LogP contribution in [0.3, 0.4) is 0 Å². The van der Waals surface area contributed by atoms with Crippen molar-refractivity contribution in [1.29, 1.82) is 0 Å². The topological polar surface area (TPSA) is 32.3 Å². The Morgan fingerprint density at radius 2 is 1.94 bits per heavy atom. The molecule has 0 atom stereocenters. The molecular weight excluding hydrogens is 212 g/mol. The fourth-order valence-electron chi connectivity index (χ4n) is 2.78. The predicted octanol–water partition coefficient (Wildman–Crippen LogP) is 1.80. The Balaban J connectivity index is 1.72. The van der Waals surface area contributed by atoms with E-state index in [4.69, 9.17) is 0 Å². The van der Waals surface area contributed by atoms with Crippen molar-refractivity contribution in [3.63, 3.8) is 0 Å². The van der Waals surface area contributed by atoms with Crippen molar-refractivity contribution < 1.29 is 4.79 Å². The smallest absolute Gasteiger partial charge is 0.226 e. The zero-order valence-electron chi connectivity index (χ0n) is 10.8. The molecule has 0 spiro atoms. The Labute approximate surface area is 104 Å². The average molecular weight is 236 g/mol. The van der Waals surface area contributed by atoms with Crippen LogP contribution in [0.25, 0.3) is 0 Å². The van der Waals surface area contributed by atoms with Crippen molar-refractivity contribution in [3.05, 3.63) is 12.2 Å². The number of nitrogens with zero attached hydrogens (tertiary/aromatic N) is 1. The van der Waals surface area contributed by atoms with Gasteiger partial charge in [0.05, 0.1) is 0 Å². The zero-order valence-corrected chi connectivity index (χ0v) is 10.8. The number of allylic oxidation sites excluding steroid dienone is 2. The number of carbonyl (C=O) groups excluding carboxylic acids is 1.